The number of hydrogen-bond acceptors (Lipinski definition) is 5. The lowest BCUT2D eigenvalue weighted by Crippen LogP contribution is -2.23. The summed E-state index contributed by atoms with van der Waals surface area (Å²) < 4.78 is 6.79. The molecular weight excluding hydrogens is 316 g/mol. The molecule has 0 saturated carbocycles. The number of fused-ring (bicyclic) bond motifs is 1. The number of benzene rings is 2. The zero-order chi connectivity index (χ0) is 17.8. The van der Waals surface area contributed by atoms with Gasteiger partial charge in [0, 0.05) is 11.8 Å². The topological polar surface area (TPSA) is 68.5 Å². The first kappa shape index (κ1) is 16.7. The van der Waals surface area contributed by atoms with Crippen LogP contribution in [0.25, 0.3) is 16.6 Å². The van der Waals surface area contributed by atoms with Crippen molar-refractivity contribution in [2.75, 3.05) is 12.5 Å². The highest BCUT2D eigenvalue weighted by Crippen LogP contribution is 2.20. The van der Waals surface area contributed by atoms with E-state index in [2.05, 4.69) is 15.5 Å². The molecule has 6 heteroatoms. The van der Waals surface area contributed by atoms with Crippen LogP contribution in [0.15, 0.2) is 58.4 Å². The number of aromatic nitrogens is 2. The maximum absolute atomic E-state index is 13.1. The molecule has 0 aliphatic carbocycles. The molecule has 0 spiro atoms. The highest BCUT2D eigenvalue weighted by molar-refractivity contribution is 5.82. The van der Waals surface area contributed by atoms with Crippen LogP contribution in [-0.4, -0.2) is 22.4 Å². The third-order valence-corrected chi connectivity index (χ3v) is 3.95. The van der Waals surface area contributed by atoms with Crippen molar-refractivity contribution >= 4 is 22.6 Å². The predicted molar refractivity (Wildman–Crippen MR) is 101 cm³/mol. The Kier molecular flexibility index (Phi) is 4.79. The third-order valence-electron chi connectivity index (χ3n) is 3.95. The molecule has 1 aromatic heterocycles. The van der Waals surface area contributed by atoms with Gasteiger partial charge in [0.1, 0.15) is 5.75 Å². The number of methoxy groups -OCH3 is 1. The molecule has 0 unspecified atom stereocenters. The largest absolute Gasteiger partial charge is 0.497 e. The Morgan fingerprint density at radius 2 is 2.04 bits per heavy atom. The second-order valence-corrected chi connectivity index (χ2v) is 5.61. The molecule has 2 aromatic carbocycles. The summed E-state index contributed by atoms with van der Waals surface area (Å²) in [6, 6.07) is 14.6. The van der Waals surface area contributed by atoms with E-state index in [1.807, 2.05) is 50.2 Å². The minimum absolute atomic E-state index is 0.161. The smallest absolute Gasteiger partial charge is 0.267 e. The molecule has 0 bridgehead atoms. The van der Waals surface area contributed by atoms with Gasteiger partial charge in [0.15, 0.2) is 0 Å². The number of anilines is 1. The van der Waals surface area contributed by atoms with Crippen LogP contribution in [-0.2, 0) is 0 Å². The summed E-state index contributed by atoms with van der Waals surface area (Å²) >= 11 is 0. The first-order chi connectivity index (χ1) is 12.1. The zero-order valence-corrected chi connectivity index (χ0v) is 14.5. The molecule has 0 aliphatic heterocycles. The van der Waals surface area contributed by atoms with Crippen molar-refractivity contribution in [3.8, 4) is 11.4 Å². The second-order valence-electron chi connectivity index (χ2n) is 5.61. The Morgan fingerprint density at radius 3 is 2.80 bits per heavy atom. The van der Waals surface area contributed by atoms with Gasteiger partial charge < -0.3 is 4.74 Å². The number of nitrogens with zero attached hydrogens (tertiary/aromatic N) is 3. The molecule has 0 saturated heterocycles. The summed E-state index contributed by atoms with van der Waals surface area (Å²) in [5, 5.41) is 4.85. The average molecular weight is 336 g/mol. The third kappa shape index (κ3) is 3.38. The van der Waals surface area contributed by atoms with Crippen LogP contribution >= 0.6 is 0 Å². The SMILES string of the molecule is CCC(C)=NNc1nc2ccccc2c(=O)n1-c1cccc(OC)c1. The van der Waals surface area contributed by atoms with Crippen molar-refractivity contribution < 1.29 is 4.74 Å². The van der Waals surface area contributed by atoms with Crippen LogP contribution in [0.2, 0.25) is 0 Å². The van der Waals surface area contributed by atoms with E-state index in [0.29, 0.717) is 28.3 Å². The standard InChI is InChI=1S/C19H20N4O2/c1-4-13(2)21-22-19-20-17-11-6-5-10-16(17)18(24)23(19)14-8-7-9-15(12-14)25-3/h5-12H,4H2,1-3H3,(H,20,22). The molecule has 0 aliphatic rings. The second kappa shape index (κ2) is 7.17. The lowest BCUT2D eigenvalue weighted by Gasteiger charge is -2.14. The van der Waals surface area contributed by atoms with Crippen LogP contribution in [0.3, 0.4) is 0 Å². The molecule has 0 fully saturated rings. The van der Waals surface area contributed by atoms with Crippen molar-refractivity contribution in [1.29, 1.82) is 0 Å². The van der Waals surface area contributed by atoms with Gasteiger partial charge >= 0.3 is 0 Å². The molecule has 0 radical (unpaired) electrons. The lowest BCUT2D eigenvalue weighted by molar-refractivity contribution is 0.414. The zero-order valence-electron chi connectivity index (χ0n) is 14.5. The Hall–Kier alpha value is -3.15. The van der Waals surface area contributed by atoms with Gasteiger partial charge in [-0.05, 0) is 37.6 Å². The Morgan fingerprint density at radius 1 is 1.24 bits per heavy atom. The van der Waals surface area contributed by atoms with Crippen LogP contribution in [0.4, 0.5) is 5.95 Å². The van der Waals surface area contributed by atoms with E-state index < -0.39 is 0 Å². The van der Waals surface area contributed by atoms with Crippen LogP contribution in [0.1, 0.15) is 20.3 Å². The minimum Gasteiger partial charge on any atom is -0.497 e. The van der Waals surface area contributed by atoms with Crippen LogP contribution < -0.4 is 15.7 Å². The summed E-state index contributed by atoms with van der Waals surface area (Å²) in [4.78, 5) is 17.6. The van der Waals surface area contributed by atoms with E-state index in [1.165, 1.54) is 4.57 Å². The normalized spacial score (nSPS) is 11.6. The number of hydrogen-bond donors (Lipinski definition) is 1. The summed E-state index contributed by atoms with van der Waals surface area (Å²) in [5.74, 6) is 1.03. The van der Waals surface area contributed by atoms with Crippen molar-refractivity contribution in [3.05, 3.63) is 58.9 Å². The quantitative estimate of drug-likeness (QED) is 0.571. The number of hydrazone groups is 1. The molecule has 128 valence electrons. The molecule has 1 N–H and O–H groups in total. The molecule has 1 heterocycles. The monoisotopic (exact) mass is 336 g/mol. The summed E-state index contributed by atoms with van der Waals surface area (Å²) in [7, 11) is 1.59. The first-order valence-electron chi connectivity index (χ1n) is 8.09. The average Bonchev–Trinajstić information content (AvgIpc) is 2.66. The summed E-state index contributed by atoms with van der Waals surface area (Å²) in [6.45, 7) is 3.94. The molecule has 0 amide bonds. The van der Waals surface area contributed by atoms with Gasteiger partial charge in [-0.2, -0.15) is 5.10 Å². The van der Waals surface area contributed by atoms with E-state index >= 15 is 0 Å². The molecular formula is C19H20N4O2. The highest BCUT2D eigenvalue weighted by atomic mass is 16.5. The predicted octanol–water partition coefficient (Wildman–Crippen LogP) is 3.59. The van der Waals surface area contributed by atoms with Gasteiger partial charge in [0.2, 0.25) is 5.95 Å². The van der Waals surface area contributed by atoms with Gasteiger partial charge in [-0.15, -0.1) is 0 Å². The van der Waals surface area contributed by atoms with Gasteiger partial charge in [0.25, 0.3) is 5.56 Å². The maximum atomic E-state index is 13.1. The number of ether oxygens (including phenoxy) is 1. The van der Waals surface area contributed by atoms with Gasteiger partial charge in [-0.25, -0.2) is 15.0 Å². The van der Waals surface area contributed by atoms with Crippen molar-refractivity contribution in [2.45, 2.75) is 20.3 Å². The number of nitrogens with one attached hydrogen (secondary N) is 1. The van der Waals surface area contributed by atoms with Gasteiger partial charge in [-0.1, -0.05) is 25.1 Å². The van der Waals surface area contributed by atoms with Crippen LogP contribution in [0, 0.1) is 0 Å². The fraction of sp³-hybridized carbons (Fsp3) is 0.211. The molecule has 3 aromatic rings. The first-order valence-corrected chi connectivity index (χ1v) is 8.09. The Bertz CT molecular complexity index is 992. The van der Waals surface area contributed by atoms with E-state index in [1.54, 1.807) is 19.2 Å². The van der Waals surface area contributed by atoms with Gasteiger partial charge in [-0.3, -0.25) is 4.79 Å². The molecule has 0 atom stereocenters. The number of rotatable bonds is 5. The van der Waals surface area contributed by atoms with E-state index in [4.69, 9.17) is 4.74 Å². The maximum Gasteiger partial charge on any atom is 0.267 e. The van der Waals surface area contributed by atoms with Gasteiger partial charge in [0.05, 0.1) is 23.7 Å². The highest BCUT2D eigenvalue weighted by Gasteiger charge is 2.13. The molecule has 3 rings (SSSR count). The van der Waals surface area contributed by atoms with E-state index in [0.717, 1.165) is 12.1 Å². The molecule has 25 heavy (non-hydrogen) atoms. The fourth-order valence-corrected chi connectivity index (χ4v) is 2.42. The lowest BCUT2D eigenvalue weighted by atomic mass is 10.2. The molecule has 6 nitrogen and oxygen atoms in total. The van der Waals surface area contributed by atoms with Crippen molar-refractivity contribution in [2.24, 2.45) is 5.10 Å². The summed E-state index contributed by atoms with van der Waals surface area (Å²) in [5.41, 5.74) is 4.97. The minimum atomic E-state index is -0.161. The fourth-order valence-electron chi connectivity index (χ4n) is 2.42. The Balaban J connectivity index is 2.26. The summed E-state index contributed by atoms with van der Waals surface area (Å²) in [6.07, 6.45) is 0.809. The Labute approximate surface area is 145 Å². The van der Waals surface area contributed by atoms with Crippen molar-refractivity contribution in [3.63, 3.8) is 0 Å². The van der Waals surface area contributed by atoms with Crippen molar-refractivity contribution in [1.82, 2.24) is 9.55 Å². The van der Waals surface area contributed by atoms with E-state index in [-0.39, 0.29) is 5.56 Å². The number of para-hydroxylation sites is 1. The van der Waals surface area contributed by atoms with E-state index in [9.17, 15) is 4.79 Å². The van der Waals surface area contributed by atoms with Crippen LogP contribution in [0.5, 0.6) is 5.75 Å².